The van der Waals surface area contributed by atoms with Crippen LogP contribution in [-0.2, 0) is 12.8 Å². The lowest BCUT2D eigenvalue weighted by Gasteiger charge is -2.21. The highest BCUT2D eigenvalue weighted by Crippen LogP contribution is 2.25. The Labute approximate surface area is 104 Å². The van der Waals surface area contributed by atoms with Crippen LogP contribution in [0, 0.1) is 0 Å². The van der Waals surface area contributed by atoms with E-state index < -0.39 is 0 Å². The van der Waals surface area contributed by atoms with E-state index in [0.29, 0.717) is 6.04 Å². The average Bonchev–Trinajstić information content (AvgIpc) is 2.82. The molecule has 2 N–H and O–H groups in total. The SMILES string of the molecule is CC[C@@H](CO)NC(C)c1ccc2c(c1)CCC2. The molecule has 2 rings (SSSR count). The second-order valence-corrected chi connectivity index (χ2v) is 5.06. The largest absolute Gasteiger partial charge is 0.395 e. The molecule has 0 saturated carbocycles. The zero-order valence-electron chi connectivity index (χ0n) is 10.9. The molecule has 17 heavy (non-hydrogen) atoms. The number of aliphatic hydroxyl groups excluding tert-OH is 1. The molecule has 1 aromatic rings. The van der Waals surface area contributed by atoms with E-state index in [9.17, 15) is 5.11 Å². The highest BCUT2D eigenvalue weighted by Gasteiger charge is 2.15. The first-order valence-corrected chi connectivity index (χ1v) is 6.73. The first-order valence-electron chi connectivity index (χ1n) is 6.73. The second-order valence-electron chi connectivity index (χ2n) is 5.06. The fourth-order valence-electron chi connectivity index (χ4n) is 2.61. The van der Waals surface area contributed by atoms with Crippen molar-refractivity contribution in [3.05, 3.63) is 34.9 Å². The van der Waals surface area contributed by atoms with Gasteiger partial charge in [-0.25, -0.2) is 0 Å². The molecule has 0 bridgehead atoms. The summed E-state index contributed by atoms with van der Waals surface area (Å²) in [5, 5.41) is 12.7. The molecule has 0 amide bonds. The van der Waals surface area contributed by atoms with Crippen molar-refractivity contribution in [3.63, 3.8) is 0 Å². The number of benzene rings is 1. The topological polar surface area (TPSA) is 32.3 Å². The third-order valence-corrected chi connectivity index (χ3v) is 3.82. The Bertz CT molecular complexity index is 371. The van der Waals surface area contributed by atoms with Crippen molar-refractivity contribution in [2.24, 2.45) is 0 Å². The van der Waals surface area contributed by atoms with Crippen molar-refractivity contribution in [1.82, 2.24) is 5.32 Å². The predicted octanol–water partition coefficient (Wildman–Crippen LogP) is 2.60. The quantitative estimate of drug-likeness (QED) is 0.819. The van der Waals surface area contributed by atoms with Crippen LogP contribution in [0.15, 0.2) is 18.2 Å². The lowest BCUT2D eigenvalue weighted by atomic mass is 10.0. The summed E-state index contributed by atoms with van der Waals surface area (Å²) in [4.78, 5) is 0. The van der Waals surface area contributed by atoms with Gasteiger partial charge in [-0.05, 0) is 49.3 Å². The lowest BCUT2D eigenvalue weighted by molar-refractivity contribution is 0.230. The molecule has 94 valence electrons. The van der Waals surface area contributed by atoms with Crippen molar-refractivity contribution in [1.29, 1.82) is 0 Å². The molecule has 0 aliphatic heterocycles. The van der Waals surface area contributed by atoms with Gasteiger partial charge in [0.1, 0.15) is 0 Å². The maximum absolute atomic E-state index is 9.21. The standard InChI is InChI=1S/C15H23NO/c1-3-15(10-17)16-11(2)13-8-7-12-5-4-6-14(12)9-13/h7-9,11,15-17H,3-6,10H2,1-2H3/t11?,15-/m0/s1. The number of aryl methyl sites for hydroxylation is 2. The third-order valence-electron chi connectivity index (χ3n) is 3.82. The Morgan fingerprint density at radius 3 is 2.76 bits per heavy atom. The first-order chi connectivity index (χ1) is 8.24. The molecular weight excluding hydrogens is 210 g/mol. The van der Waals surface area contributed by atoms with Crippen molar-refractivity contribution in [2.75, 3.05) is 6.61 Å². The summed E-state index contributed by atoms with van der Waals surface area (Å²) in [5.74, 6) is 0. The van der Waals surface area contributed by atoms with Gasteiger partial charge in [0.15, 0.2) is 0 Å². The van der Waals surface area contributed by atoms with E-state index in [-0.39, 0.29) is 12.6 Å². The molecule has 0 spiro atoms. The third kappa shape index (κ3) is 2.88. The van der Waals surface area contributed by atoms with E-state index >= 15 is 0 Å². The van der Waals surface area contributed by atoms with Crippen LogP contribution in [0.2, 0.25) is 0 Å². The van der Waals surface area contributed by atoms with Gasteiger partial charge in [-0.2, -0.15) is 0 Å². The van der Waals surface area contributed by atoms with Crippen LogP contribution in [0.4, 0.5) is 0 Å². The van der Waals surface area contributed by atoms with Gasteiger partial charge in [-0.3, -0.25) is 0 Å². The summed E-state index contributed by atoms with van der Waals surface area (Å²) in [5.41, 5.74) is 4.39. The number of hydrogen-bond acceptors (Lipinski definition) is 2. The van der Waals surface area contributed by atoms with Gasteiger partial charge in [0, 0.05) is 12.1 Å². The highest BCUT2D eigenvalue weighted by atomic mass is 16.3. The van der Waals surface area contributed by atoms with Crippen LogP contribution in [-0.4, -0.2) is 17.8 Å². The zero-order valence-corrected chi connectivity index (χ0v) is 10.9. The van der Waals surface area contributed by atoms with E-state index in [1.165, 1.54) is 36.0 Å². The summed E-state index contributed by atoms with van der Waals surface area (Å²) in [6, 6.07) is 7.36. The van der Waals surface area contributed by atoms with Crippen LogP contribution in [0.1, 0.15) is 49.4 Å². The van der Waals surface area contributed by atoms with Crippen LogP contribution in [0.5, 0.6) is 0 Å². The summed E-state index contributed by atoms with van der Waals surface area (Å²) < 4.78 is 0. The van der Waals surface area contributed by atoms with Gasteiger partial charge in [-0.1, -0.05) is 25.1 Å². The van der Waals surface area contributed by atoms with E-state index in [0.717, 1.165) is 6.42 Å². The summed E-state index contributed by atoms with van der Waals surface area (Å²) in [6.45, 7) is 4.49. The van der Waals surface area contributed by atoms with Gasteiger partial charge in [0.25, 0.3) is 0 Å². The molecule has 1 aliphatic carbocycles. The van der Waals surface area contributed by atoms with E-state index in [1.54, 1.807) is 0 Å². The molecule has 2 heteroatoms. The number of hydrogen-bond donors (Lipinski definition) is 2. The molecule has 0 heterocycles. The number of aliphatic hydroxyl groups is 1. The number of nitrogens with one attached hydrogen (secondary N) is 1. The molecule has 0 fully saturated rings. The first kappa shape index (κ1) is 12.6. The average molecular weight is 233 g/mol. The Kier molecular flexibility index (Phi) is 4.19. The lowest BCUT2D eigenvalue weighted by Crippen LogP contribution is -2.33. The Balaban J connectivity index is 2.06. The van der Waals surface area contributed by atoms with Crippen molar-refractivity contribution in [2.45, 2.75) is 51.6 Å². The van der Waals surface area contributed by atoms with E-state index in [4.69, 9.17) is 0 Å². The maximum atomic E-state index is 9.21. The minimum absolute atomic E-state index is 0.207. The number of rotatable bonds is 5. The highest BCUT2D eigenvalue weighted by molar-refractivity contribution is 5.36. The van der Waals surface area contributed by atoms with Crippen LogP contribution >= 0.6 is 0 Å². The molecule has 2 atom stereocenters. The smallest absolute Gasteiger partial charge is 0.0584 e. The Morgan fingerprint density at radius 1 is 1.29 bits per heavy atom. The molecule has 1 aliphatic rings. The van der Waals surface area contributed by atoms with Gasteiger partial charge in [0.05, 0.1) is 6.61 Å². The molecule has 0 aromatic heterocycles. The molecule has 0 radical (unpaired) electrons. The van der Waals surface area contributed by atoms with Gasteiger partial charge in [0.2, 0.25) is 0 Å². The zero-order chi connectivity index (χ0) is 12.3. The summed E-state index contributed by atoms with van der Waals surface area (Å²) in [7, 11) is 0. The van der Waals surface area contributed by atoms with Gasteiger partial charge >= 0.3 is 0 Å². The Hall–Kier alpha value is -0.860. The molecule has 1 aromatic carbocycles. The summed E-state index contributed by atoms with van der Waals surface area (Å²) in [6.07, 6.45) is 4.74. The van der Waals surface area contributed by atoms with E-state index in [2.05, 4.69) is 37.4 Å². The fraction of sp³-hybridized carbons (Fsp3) is 0.600. The summed E-state index contributed by atoms with van der Waals surface area (Å²) >= 11 is 0. The Morgan fingerprint density at radius 2 is 2.06 bits per heavy atom. The minimum Gasteiger partial charge on any atom is -0.395 e. The predicted molar refractivity (Wildman–Crippen MR) is 71.2 cm³/mol. The van der Waals surface area contributed by atoms with Crippen LogP contribution < -0.4 is 5.32 Å². The minimum atomic E-state index is 0.207. The molecular formula is C15H23NO. The number of fused-ring (bicyclic) bond motifs is 1. The van der Waals surface area contributed by atoms with Crippen molar-refractivity contribution < 1.29 is 5.11 Å². The van der Waals surface area contributed by atoms with Crippen LogP contribution in [0.25, 0.3) is 0 Å². The normalized spacial score (nSPS) is 17.8. The molecule has 2 nitrogen and oxygen atoms in total. The van der Waals surface area contributed by atoms with Crippen molar-refractivity contribution >= 4 is 0 Å². The van der Waals surface area contributed by atoms with E-state index in [1.807, 2.05) is 0 Å². The molecule has 0 saturated heterocycles. The maximum Gasteiger partial charge on any atom is 0.0584 e. The van der Waals surface area contributed by atoms with Crippen molar-refractivity contribution in [3.8, 4) is 0 Å². The molecule has 1 unspecified atom stereocenters. The monoisotopic (exact) mass is 233 g/mol. The fourth-order valence-corrected chi connectivity index (χ4v) is 2.61. The second kappa shape index (κ2) is 5.65. The van der Waals surface area contributed by atoms with Crippen LogP contribution in [0.3, 0.4) is 0 Å². The van der Waals surface area contributed by atoms with Gasteiger partial charge in [-0.15, -0.1) is 0 Å². The van der Waals surface area contributed by atoms with Gasteiger partial charge < -0.3 is 10.4 Å².